The lowest BCUT2D eigenvalue weighted by Gasteiger charge is -2.13. The Balaban J connectivity index is 2.53. The van der Waals surface area contributed by atoms with Crippen molar-refractivity contribution in [3.05, 3.63) is 58.2 Å². The third-order valence-electron chi connectivity index (χ3n) is 4.02. The van der Waals surface area contributed by atoms with Crippen LogP contribution in [0.5, 0.6) is 5.75 Å². The monoisotopic (exact) mass is 435 g/mol. The van der Waals surface area contributed by atoms with Crippen LogP contribution in [0, 0.1) is 4.91 Å². The van der Waals surface area contributed by atoms with E-state index >= 15 is 0 Å². The summed E-state index contributed by atoms with van der Waals surface area (Å²) in [5.41, 5.74) is 0.531. The van der Waals surface area contributed by atoms with E-state index in [2.05, 4.69) is 9.91 Å². The molecular weight excluding hydrogens is 410 g/mol. The van der Waals surface area contributed by atoms with Gasteiger partial charge in [-0.25, -0.2) is 9.59 Å². The van der Waals surface area contributed by atoms with Crippen molar-refractivity contribution < 1.29 is 38.4 Å². The Morgan fingerprint density at radius 2 is 1.87 bits per heavy atom. The number of aromatic carboxylic acids is 1. The van der Waals surface area contributed by atoms with Crippen LogP contribution < -0.4 is 4.74 Å². The maximum atomic E-state index is 12.0. The minimum atomic E-state index is -1.20. The van der Waals surface area contributed by atoms with Gasteiger partial charge in [0.1, 0.15) is 24.5 Å². The maximum absolute atomic E-state index is 12.0. The first-order valence-electron chi connectivity index (χ1n) is 9.32. The highest BCUT2D eigenvalue weighted by Gasteiger charge is 2.17. The van der Waals surface area contributed by atoms with E-state index < -0.39 is 24.1 Å². The van der Waals surface area contributed by atoms with E-state index in [1.807, 2.05) is 0 Å². The number of benzene rings is 1. The van der Waals surface area contributed by atoms with Crippen LogP contribution in [-0.4, -0.2) is 49.6 Å². The van der Waals surface area contributed by atoms with E-state index in [1.54, 1.807) is 25.1 Å². The van der Waals surface area contributed by atoms with Gasteiger partial charge in [-0.3, -0.25) is 4.79 Å². The van der Waals surface area contributed by atoms with Crippen LogP contribution in [0.3, 0.4) is 0 Å². The molecule has 1 aromatic carbocycles. The number of hydrogen-bond acceptors (Lipinski definition) is 9. The molecule has 0 aliphatic heterocycles. The molecule has 1 unspecified atom stereocenters. The van der Waals surface area contributed by atoms with E-state index in [9.17, 15) is 19.3 Å². The van der Waals surface area contributed by atoms with Gasteiger partial charge >= 0.3 is 17.9 Å². The normalized spacial score (nSPS) is 12.5. The molecule has 1 N–H and O–H groups in total. The highest BCUT2D eigenvalue weighted by atomic mass is 16.6. The predicted octanol–water partition coefficient (Wildman–Crippen LogP) is 3.22. The zero-order valence-corrected chi connectivity index (χ0v) is 17.5. The first-order valence-corrected chi connectivity index (χ1v) is 9.32. The zero-order valence-electron chi connectivity index (χ0n) is 17.5. The highest BCUT2D eigenvalue weighted by Crippen LogP contribution is 2.18. The Labute approximate surface area is 179 Å². The van der Waals surface area contributed by atoms with Gasteiger partial charge in [0.15, 0.2) is 0 Å². The molecule has 0 aromatic heterocycles. The molecule has 0 saturated carbocycles. The molecular formula is C21H25NO9. The molecule has 0 spiro atoms. The lowest BCUT2D eigenvalue weighted by Crippen LogP contribution is -2.15. The van der Waals surface area contributed by atoms with Gasteiger partial charge in [0.05, 0.1) is 18.9 Å². The lowest BCUT2D eigenvalue weighted by molar-refractivity contribution is -0.141. The minimum Gasteiger partial charge on any atom is -0.489 e. The molecule has 0 aliphatic rings. The molecule has 0 fully saturated rings. The molecule has 10 nitrogen and oxygen atoms in total. The third-order valence-corrected chi connectivity index (χ3v) is 4.02. The Hall–Kier alpha value is -3.69. The van der Waals surface area contributed by atoms with Crippen molar-refractivity contribution >= 4 is 17.9 Å². The van der Waals surface area contributed by atoms with Crippen molar-refractivity contribution in [1.82, 2.24) is 0 Å². The molecule has 0 saturated heterocycles. The van der Waals surface area contributed by atoms with E-state index in [0.29, 0.717) is 5.57 Å². The van der Waals surface area contributed by atoms with Gasteiger partial charge in [-0.15, -0.1) is 4.91 Å². The smallest absolute Gasteiger partial charge is 0.339 e. The number of para-hydroxylation sites is 1. The van der Waals surface area contributed by atoms with Crippen molar-refractivity contribution in [2.24, 2.45) is 5.18 Å². The summed E-state index contributed by atoms with van der Waals surface area (Å²) in [7, 11) is 1.26. The molecule has 10 heteroatoms. The number of ether oxygens (including phenoxy) is 4. The van der Waals surface area contributed by atoms with Crippen molar-refractivity contribution in [2.45, 2.75) is 32.9 Å². The maximum Gasteiger partial charge on any atom is 0.339 e. The van der Waals surface area contributed by atoms with Crippen LogP contribution >= 0.6 is 0 Å². The molecule has 168 valence electrons. The molecule has 0 bridgehead atoms. The summed E-state index contributed by atoms with van der Waals surface area (Å²) in [5.74, 6) is -2.12. The SMILES string of the molecule is C/C=C(/CCC(=O)OC)C(N=O)O/C=C(\C)C(=O)OCCOc1ccccc1C(=O)O. The van der Waals surface area contributed by atoms with Crippen molar-refractivity contribution in [2.75, 3.05) is 20.3 Å². The zero-order chi connectivity index (χ0) is 23.2. The Morgan fingerprint density at radius 3 is 2.48 bits per heavy atom. The van der Waals surface area contributed by atoms with Crippen LogP contribution in [0.15, 0.2) is 52.9 Å². The second-order valence-corrected chi connectivity index (χ2v) is 6.12. The lowest BCUT2D eigenvalue weighted by atomic mass is 10.1. The molecule has 0 radical (unpaired) electrons. The summed E-state index contributed by atoms with van der Waals surface area (Å²) < 4.78 is 20.2. The average molecular weight is 435 g/mol. The average Bonchev–Trinajstić information content (AvgIpc) is 2.78. The number of nitrogens with zero attached hydrogens (tertiary/aromatic N) is 1. The Kier molecular flexibility index (Phi) is 11.1. The van der Waals surface area contributed by atoms with Crippen molar-refractivity contribution in [3.63, 3.8) is 0 Å². The molecule has 31 heavy (non-hydrogen) atoms. The Morgan fingerprint density at radius 1 is 1.16 bits per heavy atom. The molecule has 0 amide bonds. The van der Waals surface area contributed by atoms with Crippen LogP contribution in [0.4, 0.5) is 0 Å². The minimum absolute atomic E-state index is 0.00214. The summed E-state index contributed by atoms with van der Waals surface area (Å²) in [6.07, 6.45) is 1.72. The summed E-state index contributed by atoms with van der Waals surface area (Å²) in [6, 6.07) is 6.09. The fourth-order valence-electron chi connectivity index (χ4n) is 2.32. The van der Waals surface area contributed by atoms with Gasteiger partial charge in [0.2, 0.25) is 6.23 Å². The molecule has 1 aromatic rings. The van der Waals surface area contributed by atoms with E-state index in [1.165, 1.54) is 26.2 Å². The highest BCUT2D eigenvalue weighted by molar-refractivity contribution is 5.90. The number of allylic oxidation sites excluding steroid dienone is 1. The fraction of sp³-hybridized carbons (Fsp3) is 0.381. The third kappa shape index (κ3) is 8.69. The van der Waals surface area contributed by atoms with Crippen LogP contribution in [0.1, 0.15) is 37.0 Å². The van der Waals surface area contributed by atoms with Gasteiger partial charge < -0.3 is 24.1 Å². The first-order chi connectivity index (χ1) is 14.8. The van der Waals surface area contributed by atoms with Crippen LogP contribution in [0.2, 0.25) is 0 Å². The topological polar surface area (TPSA) is 138 Å². The number of esters is 2. The second kappa shape index (κ2) is 13.5. The van der Waals surface area contributed by atoms with E-state index in [-0.39, 0.29) is 42.9 Å². The summed E-state index contributed by atoms with van der Waals surface area (Å²) in [6.45, 7) is 2.90. The van der Waals surface area contributed by atoms with Crippen LogP contribution in [-0.2, 0) is 23.8 Å². The van der Waals surface area contributed by atoms with Crippen LogP contribution in [0.25, 0.3) is 0 Å². The summed E-state index contributed by atoms with van der Waals surface area (Å²) in [5, 5.41) is 12.0. The quantitative estimate of drug-likeness (QED) is 0.124. The molecule has 1 atom stereocenters. The van der Waals surface area contributed by atoms with Crippen molar-refractivity contribution in [1.29, 1.82) is 0 Å². The largest absolute Gasteiger partial charge is 0.489 e. The van der Waals surface area contributed by atoms with E-state index in [4.69, 9.17) is 19.3 Å². The Bertz CT molecular complexity index is 845. The summed E-state index contributed by atoms with van der Waals surface area (Å²) in [4.78, 5) is 45.5. The van der Waals surface area contributed by atoms with Crippen molar-refractivity contribution in [3.8, 4) is 5.75 Å². The number of nitroso groups, excluding NO2 is 1. The van der Waals surface area contributed by atoms with Gasteiger partial charge in [-0.2, -0.15) is 0 Å². The van der Waals surface area contributed by atoms with E-state index in [0.717, 1.165) is 6.26 Å². The number of carbonyl (C=O) groups is 3. The molecule has 1 rings (SSSR count). The number of methoxy groups -OCH3 is 1. The first kappa shape index (κ1) is 25.3. The predicted molar refractivity (Wildman–Crippen MR) is 109 cm³/mol. The molecule has 0 heterocycles. The number of carboxylic acid groups (broad SMARTS) is 1. The van der Waals surface area contributed by atoms with Gasteiger partial charge in [0, 0.05) is 6.42 Å². The standard InChI is InChI=1S/C21H25NO9/c1-4-15(9-10-18(23)28-3)19(22-27)31-13-14(2)21(26)30-12-11-29-17-8-6-5-7-16(17)20(24)25/h4-8,13,19H,9-12H2,1-3H3,(H,24,25)/b14-13+,15-4-. The number of hydrogen-bond donors (Lipinski definition) is 1. The number of carboxylic acids is 1. The van der Waals surface area contributed by atoms with Gasteiger partial charge in [-0.1, -0.05) is 18.2 Å². The number of rotatable bonds is 13. The number of carbonyl (C=O) groups excluding carboxylic acids is 2. The summed E-state index contributed by atoms with van der Waals surface area (Å²) >= 11 is 0. The second-order valence-electron chi connectivity index (χ2n) is 6.12. The van der Waals surface area contributed by atoms with Gasteiger partial charge in [-0.05, 0) is 43.2 Å². The fourth-order valence-corrected chi connectivity index (χ4v) is 2.32. The molecule has 0 aliphatic carbocycles. The van der Waals surface area contributed by atoms with Gasteiger partial charge in [0.25, 0.3) is 0 Å².